The van der Waals surface area contributed by atoms with Gasteiger partial charge in [-0.3, -0.25) is 9.36 Å². The molecule has 25 heavy (non-hydrogen) atoms. The van der Waals surface area contributed by atoms with Crippen LogP contribution >= 0.6 is 0 Å². The van der Waals surface area contributed by atoms with Crippen molar-refractivity contribution in [2.45, 2.75) is 19.8 Å². The van der Waals surface area contributed by atoms with Crippen LogP contribution in [0.5, 0.6) is 5.75 Å². The summed E-state index contributed by atoms with van der Waals surface area (Å²) in [7, 11) is 1.73. The smallest absolute Gasteiger partial charge is 0.353 e. The fraction of sp³-hybridized carbons (Fsp3) is 0.222. The van der Waals surface area contributed by atoms with Gasteiger partial charge in [0.1, 0.15) is 18.1 Å². The van der Waals surface area contributed by atoms with Crippen molar-refractivity contribution in [2.24, 2.45) is 0 Å². The minimum atomic E-state index is -1.05. The standard InChI is InChI=1S/C18H19N3O4/c1-12-16(17(23)24)19-18(20(12)2)21-9-8-14(10-15(21)22)25-11-13-6-4-3-5-7-13/h3-10,18-19H,11H2,1-2H3,(H,23,24). The van der Waals surface area contributed by atoms with Crippen LogP contribution in [0.2, 0.25) is 0 Å². The zero-order valence-electron chi connectivity index (χ0n) is 14.0. The third-order valence-corrected chi connectivity index (χ3v) is 4.18. The van der Waals surface area contributed by atoms with Crippen molar-refractivity contribution in [2.75, 3.05) is 7.05 Å². The monoisotopic (exact) mass is 341 g/mol. The Morgan fingerprint density at radius 3 is 2.60 bits per heavy atom. The molecule has 2 N–H and O–H groups in total. The summed E-state index contributed by atoms with van der Waals surface area (Å²) in [5, 5.41) is 12.1. The van der Waals surface area contributed by atoms with Gasteiger partial charge in [-0.25, -0.2) is 4.79 Å². The molecule has 0 bridgehead atoms. The van der Waals surface area contributed by atoms with Gasteiger partial charge in [0.05, 0.1) is 0 Å². The molecule has 1 unspecified atom stereocenters. The van der Waals surface area contributed by atoms with E-state index in [-0.39, 0.29) is 11.3 Å². The van der Waals surface area contributed by atoms with E-state index in [4.69, 9.17) is 4.74 Å². The fourth-order valence-electron chi connectivity index (χ4n) is 2.67. The van der Waals surface area contributed by atoms with E-state index in [2.05, 4.69) is 5.32 Å². The first-order valence-corrected chi connectivity index (χ1v) is 7.80. The number of allylic oxidation sites excluding steroid dienone is 1. The molecule has 0 aliphatic carbocycles. The minimum Gasteiger partial charge on any atom is -0.489 e. The summed E-state index contributed by atoms with van der Waals surface area (Å²) in [4.78, 5) is 25.4. The number of hydrogen-bond acceptors (Lipinski definition) is 5. The molecular formula is C18H19N3O4. The summed E-state index contributed by atoms with van der Waals surface area (Å²) in [5.41, 5.74) is 1.38. The highest BCUT2D eigenvalue weighted by Crippen LogP contribution is 2.24. The lowest BCUT2D eigenvalue weighted by Crippen LogP contribution is -2.38. The number of benzene rings is 1. The Balaban J connectivity index is 1.75. The second kappa shape index (κ2) is 6.72. The lowest BCUT2D eigenvalue weighted by Gasteiger charge is -2.25. The average molecular weight is 341 g/mol. The van der Waals surface area contributed by atoms with Crippen molar-refractivity contribution in [3.05, 3.63) is 76.0 Å². The molecule has 0 radical (unpaired) electrons. The Bertz CT molecular complexity index is 873. The molecule has 0 saturated heterocycles. The first kappa shape index (κ1) is 16.6. The third-order valence-electron chi connectivity index (χ3n) is 4.18. The summed E-state index contributed by atoms with van der Waals surface area (Å²) in [6, 6.07) is 12.7. The van der Waals surface area contributed by atoms with Gasteiger partial charge in [-0.2, -0.15) is 0 Å². The van der Waals surface area contributed by atoms with Gasteiger partial charge in [0.15, 0.2) is 6.29 Å². The largest absolute Gasteiger partial charge is 0.489 e. The van der Waals surface area contributed by atoms with Crippen LogP contribution in [0, 0.1) is 0 Å². The van der Waals surface area contributed by atoms with E-state index < -0.39 is 12.3 Å². The molecule has 1 aliphatic rings. The third kappa shape index (κ3) is 3.35. The average Bonchev–Trinajstić information content (AvgIpc) is 2.90. The molecule has 2 aromatic rings. The Labute approximate surface area is 144 Å². The number of ether oxygens (including phenoxy) is 1. The van der Waals surface area contributed by atoms with E-state index >= 15 is 0 Å². The van der Waals surface area contributed by atoms with E-state index in [0.717, 1.165) is 5.56 Å². The van der Waals surface area contributed by atoms with Gasteiger partial charge in [0.2, 0.25) is 0 Å². The fourth-order valence-corrected chi connectivity index (χ4v) is 2.67. The molecule has 0 spiro atoms. The predicted octanol–water partition coefficient (Wildman–Crippen LogP) is 1.73. The molecule has 1 aliphatic heterocycles. The molecule has 2 heterocycles. The SMILES string of the molecule is CC1=C(C(=O)O)NC(n2ccc(OCc3ccccc3)cc2=O)N1C. The second-order valence-electron chi connectivity index (χ2n) is 5.78. The van der Waals surface area contributed by atoms with Gasteiger partial charge in [-0.05, 0) is 18.6 Å². The maximum Gasteiger partial charge on any atom is 0.353 e. The highest BCUT2D eigenvalue weighted by atomic mass is 16.5. The first-order chi connectivity index (χ1) is 12.0. The Kier molecular flexibility index (Phi) is 4.47. The molecular weight excluding hydrogens is 322 g/mol. The molecule has 1 aromatic carbocycles. The highest BCUT2D eigenvalue weighted by molar-refractivity contribution is 5.87. The van der Waals surface area contributed by atoms with Gasteiger partial charge in [-0.1, -0.05) is 30.3 Å². The topological polar surface area (TPSA) is 83.8 Å². The van der Waals surface area contributed by atoms with Crippen LogP contribution < -0.4 is 15.6 Å². The molecule has 0 fully saturated rings. The van der Waals surface area contributed by atoms with Crippen molar-refractivity contribution in [3.8, 4) is 5.75 Å². The summed E-state index contributed by atoms with van der Waals surface area (Å²) in [6.45, 7) is 2.06. The normalized spacial score (nSPS) is 16.7. The van der Waals surface area contributed by atoms with Gasteiger partial charge in [-0.15, -0.1) is 0 Å². The number of hydrogen-bond donors (Lipinski definition) is 2. The predicted molar refractivity (Wildman–Crippen MR) is 91.7 cm³/mol. The molecule has 0 saturated carbocycles. The molecule has 7 nitrogen and oxygen atoms in total. The van der Waals surface area contributed by atoms with E-state index in [1.165, 1.54) is 10.6 Å². The van der Waals surface area contributed by atoms with E-state index in [0.29, 0.717) is 18.1 Å². The first-order valence-electron chi connectivity index (χ1n) is 7.80. The number of carboxylic acids is 1. The molecule has 130 valence electrons. The van der Waals surface area contributed by atoms with E-state index in [1.54, 1.807) is 31.1 Å². The van der Waals surface area contributed by atoms with Crippen LogP contribution in [0.1, 0.15) is 18.8 Å². The summed E-state index contributed by atoms with van der Waals surface area (Å²) in [5.74, 6) is -0.586. The van der Waals surface area contributed by atoms with Gasteiger partial charge in [0, 0.05) is 25.0 Å². The van der Waals surface area contributed by atoms with Crippen molar-refractivity contribution in [3.63, 3.8) is 0 Å². The lowest BCUT2D eigenvalue weighted by atomic mass is 10.2. The molecule has 0 amide bonds. The summed E-state index contributed by atoms with van der Waals surface area (Å²) in [6.07, 6.45) is 1.01. The number of nitrogens with one attached hydrogen (secondary N) is 1. The van der Waals surface area contributed by atoms with Crippen molar-refractivity contribution >= 4 is 5.97 Å². The Morgan fingerprint density at radius 1 is 1.28 bits per heavy atom. The molecule has 1 aromatic heterocycles. The lowest BCUT2D eigenvalue weighted by molar-refractivity contribution is -0.133. The quantitative estimate of drug-likeness (QED) is 0.862. The van der Waals surface area contributed by atoms with Crippen LogP contribution in [0.3, 0.4) is 0 Å². The number of rotatable bonds is 5. The zero-order chi connectivity index (χ0) is 18.0. The number of pyridine rings is 1. The second-order valence-corrected chi connectivity index (χ2v) is 5.78. The van der Waals surface area contributed by atoms with Crippen molar-refractivity contribution in [1.82, 2.24) is 14.8 Å². The van der Waals surface area contributed by atoms with Crippen molar-refractivity contribution < 1.29 is 14.6 Å². The van der Waals surface area contributed by atoms with Crippen LogP contribution in [0.4, 0.5) is 0 Å². The number of nitrogens with zero attached hydrogens (tertiary/aromatic N) is 2. The van der Waals surface area contributed by atoms with Crippen LogP contribution in [0.15, 0.2) is 64.9 Å². The molecule has 1 atom stereocenters. The highest BCUT2D eigenvalue weighted by Gasteiger charge is 2.31. The number of aromatic nitrogens is 1. The summed E-state index contributed by atoms with van der Waals surface area (Å²) < 4.78 is 7.07. The summed E-state index contributed by atoms with van der Waals surface area (Å²) >= 11 is 0. The van der Waals surface area contributed by atoms with Crippen LogP contribution in [-0.4, -0.2) is 27.6 Å². The van der Waals surface area contributed by atoms with Crippen LogP contribution in [0.25, 0.3) is 0 Å². The molecule has 7 heteroatoms. The molecule has 3 rings (SSSR count). The van der Waals surface area contributed by atoms with Gasteiger partial charge >= 0.3 is 5.97 Å². The van der Waals surface area contributed by atoms with Crippen LogP contribution in [-0.2, 0) is 11.4 Å². The number of carboxylic acid groups (broad SMARTS) is 1. The zero-order valence-corrected chi connectivity index (χ0v) is 14.0. The maximum absolute atomic E-state index is 12.4. The Morgan fingerprint density at radius 2 is 2.00 bits per heavy atom. The minimum absolute atomic E-state index is 0.0869. The number of aliphatic carboxylic acids is 1. The van der Waals surface area contributed by atoms with Gasteiger partial charge < -0.3 is 20.1 Å². The van der Waals surface area contributed by atoms with Crippen molar-refractivity contribution in [1.29, 1.82) is 0 Å². The number of carbonyl (C=O) groups is 1. The van der Waals surface area contributed by atoms with Gasteiger partial charge in [0.25, 0.3) is 5.56 Å². The Hall–Kier alpha value is -3.22. The maximum atomic E-state index is 12.4. The van der Waals surface area contributed by atoms with E-state index in [1.807, 2.05) is 30.3 Å². The van der Waals surface area contributed by atoms with E-state index in [9.17, 15) is 14.7 Å².